The zero-order chi connectivity index (χ0) is 15.5. The van der Waals surface area contributed by atoms with Crippen molar-refractivity contribution in [1.29, 1.82) is 0 Å². The van der Waals surface area contributed by atoms with E-state index in [2.05, 4.69) is 41.8 Å². The van der Waals surface area contributed by atoms with Crippen LogP contribution < -0.4 is 0 Å². The summed E-state index contributed by atoms with van der Waals surface area (Å²) in [5.41, 5.74) is 3.60. The van der Waals surface area contributed by atoms with Gasteiger partial charge in [0.2, 0.25) is 0 Å². The predicted octanol–water partition coefficient (Wildman–Crippen LogP) is 5.44. The van der Waals surface area contributed by atoms with E-state index in [9.17, 15) is 0 Å². The van der Waals surface area contributed by atoms with Crippen LogP contribution in [0, 0.1) is 0 Å². The van der Waals surface area contributed by atoms with E-state index in [-0.39, 0.29) is 6.23 Å². The SMILES string of the molecule is CCCc1cc2ccccc2n1C(OC)c1ccc(Cl)cc1. The van der Waals surface area contributed by atoms with Crippen LogP contribution in [0.15, 0.2) is 54.6 Å². The van der Waals surface area contributed by atoms with Crippen molar-refractivity contribution in [3.8, 4) is 0 Å². The molecule has 22 heavy (non-hydrogen) atoms. The fourth-order valence-corrected chi connectivity index (χ4v) is 3.10. The monoisotopic (exact) mass is 313 g/mol. The molecule has 0 N–H and O–H groups in total. The van der Waals surface area contributed by atoms with Crippen molar-refractivity contribution in [3.63, 3.8) is 0 Å². The van der Waals surface area contributed by atoms with Crippen molar-refractivity contribution in [2.45, 2.75) is 26.0 Å². The molecule has 0 spiro atoms. The molecule has 1 aromatic heterocycles. The van der Waals surface area contributed by atoms with Gasteiger partial charge in [-0.15, -0.1) is 0 Å². The van der Waals surface area contributed by atoms with E-state index in [4.69, 9.17) is 16.3 Å². The van der Waals surface area contributed by atoms with Gasteiger partial charge in [-0.25, -0.2) is 0 Å². The lowest BCUT2D eigenvalue weighted by Crippen LogP contribution is -2.15. The van der Waals surface area contributed by atoms with Gasteiger partial charge in [0.1, 0.15) is 0 Å². The number of aromatic nitrogens is 1. The lowest BCUT2D eigenvalue weighted by molar-refractivity contribution is 0.0801. The third-order valence-corrected chi connectivity index (χ3v) is 4.20. The Kier molecular flexibility index (Phi) is 4.51. The molecule has 0 bridgehead atoms. The van der Waals surface area contributed by atoms with Crippen molar-refractivity contribution in [2.75, 3.05) is 7.11 Å². The summed E-state index contributed by atoms with van der Waals surface area (Å²) in [6.45, 7) is 2.20. The molecule has 3 aromatic rings. The van der Waals surface area contributed by atoms with Crippen LogP contribution in [-0.2, 0) is 11.2 Å². The zero-order valence-electron chi connectivity index (χ0n) is 12.9. The van der Waals surface area contributed by atoms with E-state index in [0.717, 1.165) is 23.4 Å². The van der Waals surface area contributed by atoms with Gasteiger partial charge >= 0.3 is 0 Å². The highest BCUT2D eigenvalue weighted by molar-refractivity contribution is 6.30. The maximum Gasteiger partial charge on any atom is 0.160 e. The second kappa shape index (κ2) is 6.55. The normalized spacial score (nSPS) is 12.7. The number of fused-ring (bicyclic) bond motifs is 1. The zero-order valence-corrected chi connectivity index (χ0v) is 13.7. The molecule has 0 aliphatic heterocycles. The number of hydrogen-bond acceptors (Lipinski definition) is 1. The highest BCUT2D eigenvalue weighted by atomic mass is 35.5. The molecule has 114 valence electrons. The Morgan fingerprint density at radius 2 is 1.82 bits per heavy atom. The standard InChI is InChI=1S/C19H20ClNO/c1-3-6-17-13-15-7-4-5-8-18(15)21(17)19(22-2)14-9-11-16(20)12-10-14/h4-5,7-13,19H,3,6H2,1-2H3. The number of para-hydroxylation sites is 1. The summed E-state index contributed by atoms with van der Waals surface area (Å²) in [5.74, 6) is 0. The average Bonchev–Trinajstić information content (AvgIpc) is 2.89. The third-order valence-electron chi connectivity index (χ3n) is 3.95. The van der Waals surface area contributed by atoms with Gasteiger partial charge in [0, 0.05) is 23.4 Å². The summed E-state index contributed by atoms with van der Waals surface area (Å²) in [6.07, 6.45) is 1.99. The summed E-state index contributed by atoms with van der Waals surface area (Å²) in [4.78, 5) is 0. The van der Waals surface area contributed by atoms with Gasteiger partial charge in [0.25, 0.3) is 0 Å². The van der Waals surface area contributed by atoms with Gasteiger partial charge in [-0.3, -0.25) is 0 Å². The molecule has 0 fully saturated rings. The maximum atomic E-state index is 6.01. The van der Waals surface area contributed by atoms with Crippen LogP contribution in [0.2, 0.25) is 5.02 Å². The first-order chi connectivity index (χ1) is 10.7. The van der Waals surface area contributed by atoms with E-state index in [0.29, 0.717) is 0 Å². The number of aryl methyl sites for hydroxylation is 1. The quantitative estimate of drug-likeness (QED) is 0.611. The molecular weight excluding hydrogens is 294 g/mol. The molecule has 1 heterocycles. The highest BCUT2D eigenvalue weighted by Gasteiger charge is 2.18. The van der Waals surface area contributed by atoms with E-state index >= 15 is 0 Å². The number of nitrogens with zero attached hydrogens (tertiary/aromatic N) is 1. The number of benzene rings is 2. The first-order valence-corrected chi connectivity index (χ1v) is 7.99. The van der Waals surface area contributed by atoms with Crippen LogP contribution >= 0.6 is 11.6 Å². The van der Waals surface area contributed by atoms with Crippen LogP contribution in [0.25, 0.3) is 10.9 Å². The van der Waals surface area contributed by atoms with Crippen LogP contribution in [0.5, 0.6) is 0 Å². The Bertz CT molecular complexity index is 761. The molecule has 3 rings (SSSR count). The molecule has 0 aliphatic carbocycles. The van der Waals surface area contributed by atoms with Gasteiger partial charge in [-0.2, -0.15) is 0 Å². The van der Waals surface area contributed by atoms with Gasteiger partial charge in [0.05, 0.1) is 5.52 Å². The van der Waals surface area contributed by atoms with Gasteiger partial charge < -0.3 is 9.30 Å². The van der Waals surface area contributed by atoms with Crippen molar-refractivity contribution in [2.24, 2.45) is 0 Å². The lowest BCUT2D eigenvalue weighted by Gasteiger charge is -2.22. The van der Waals surface area contributed by atoms with E-state index < -0.39 is 0 Å². The Labute approximate surface area is 136 Å². The minimum absolute atomic E-state index is 0.140. The van der Waals surface area contributed by atoms with E-state index in [1.54, 1.807) is 7.11 Å². The first kappa shape index (κ1) is 15.1. The molecule has 0 saturated heterocycles. The molecule has 1 unspecified atom stereocenters. The summed E-state index contributed by atoms with van der Waals surface area (Å²) in [6, 6.07) is 18.6. The molecule has 2 nitrogen and oxygen atoms in total. The molecule has 0 saturated carbocycles. The summed E-state index contributed by atoms with van der Waals surface area (Å²) in [7, 11) is 1.75. The van der Waals surface area contributed by atoms with Crippen LogP contribution in [0.1, 0.15) is 30.8 Å². The Morgan fingerprint density at radius 3 is 2.50 bits per heavy atom. The molecular formula is C19H20ClNO. The lowest BCUT2D eigenvalue weighted by atomic mass is 10.2. The van der Waals surface area contributed by atoms with Gasteiger partial charge in [-0.1, -0.05) is 55.3 Å². The van der Waals surface area contributed by atoms with E-state index in [1.807, 2.05) is 24.3 Å². The molecule has 0 aliphatic rings. The van der Waals surface area contributed by atoms with Crippen molar-refractivity contribution in [3.05, 3.63) is 70.9 Å². The fraction of sp³-hybridized carbons (Fsp3) is 0.263. The number of methoxy groups -OCH3 is 1. The summed E-state index contributed by atoms with van der Waals surface area (Å²) < 4.78 is 8.13. The van der Waals surface area contributed by atoms with Crippen LogP contribution in [-0.4, -0.2) is 11.7 Å². The minimum Gasteiger partial charge on any atom is -0.357 e. The second-order valence-electron chi connectivity index (χ2n) is 5.45. The molecule has 0 radical (unpaired) electrons. The average molecular weight is 314 g/mol. The number of ether oxygens (including phenoxy) is 1. The third kappa shape index (κ3) is 2.77. The topological polar surface area (TPSA) is 14.2 Å². The van der Waals surface area contributed by atoms with Crippen molar-refractivity contribution < 1.29 is 4.74 Å². The second-order valence-corrected chi connectivity index (χ2v) is 5.89. The number of rotatable bonds is 5. The smallest absolute Gasteiger partial charge is 0.160 e. The molecule has 2 aromatic carbocycles. The molecule has 3 heteroatoms. The summed E-state index contributed by atoms with van der Waals surface area (Å²) >= 11 is 6.01. The number of halogens is 1. The number of hydrogen-bond donors (Lipinski definition) is 0. The first-order valence-electron chi connectivity index (χ1n) is 7.61. The molecule has 0 amide bonds. The molecule has 1 atom stereocenters. The Morgan fingerprint density at radius 1 is 1.09 bits per heavy atom. The highest BCUT2D eigenvalue weighted by Crippen LogP contribution is 2.30. The van der Waals surface area contributed by atoms with Crippen LogP contribution in [0.4, 0.5) is 0 Å². The van der Waals surface area contributed by atoms with Crippen LogP contribution in [0.3, 0.4) is 0 Å². The van der Waals surface area contributed by atoms with Gasteiger partial charge in [-0.05, 0) is 36.1 Å². The minimum atomic E-state index is -0.140. The van der Waals surface area contributed by atoms with E-state index in [1.165, 1.54) is 16.6 Å². The Balaban J connectivity index is 2.16. The Hall–Kier alpha value is -1.77. The van der Waals surface area contributed by atoms with Gasteiger partial charge in [0.15, 0.2) is 6.23 Å². The largest absolute Gasteiger partial charge is 0.357 e. The predicted molar refractivity (Wildman–Crippen MR) is 92.5 cm³/mol. The summed E-state index contributed by atoms with van der Waals surface area (Å²) in [5, 5.41) is 1.99. The van der Waals surface area contributed by atoms with Crippen molar-refractivity contribution >= 4 is 22.5 Å². The van der Waals surface area contributed by atoms with Crippen molar-refractivity contribution in [1.82, 2.24) is 4.57 Å². The maximum absolute atomic E-state index is 6.01. The fourth-order valence-electron chi connectivity index (χ4n) is 2.98.